The van der Waals surface area contributed by atoms with Crippen LogP contribution in [-0.4, -0.2) is 26.3 Å². The molecule has 1 fully saturated rings. The van der Waals surface area contributed by atoms with Crippen molar-refractivity contribution in [2.45, 2.75) is 25.4 Å². The lowest BCUT2D eigenvalue weighted by Crippen LogP contribution is -2.36. The lowest BCUT2D eigenvalue weighted by atomic mass is 9.76. The highest BCUT2D eigenvalue weighted by molar-refractivity contribution is 6.76. The number of halogens is 3. The van der Waals surface area contributed by atoms with Crippen molar-refractivity contribution in [1.82, 2.24) is 0 Å². The summed E-state index contributed by atoms with van der Waals surface area (Å²) in [6.07, 6.45) is 2.70. The predicted molar refractivity (Wildman–Crippen MR) is 81.7 cm³/mol. The summed E-state index contributed by atoms with van der Waals surface area (Å²) in [6.45, 7) is -4.16. The van der Waals surface area contributed by atoms with Crippen molar-refractivity contribution in [2.75, 3.05) is 13.2 Å². The first kappa shape index (κ1) is 15.2. The minimum absolute atomic E-state index is 0.0794. The van der Waals surface area contributed by atoms with E-state index in [2.05, 4.69) is 0 Å². The van der Waals surface area contributed by atoms with E-state index in [9.17, 15) is 12.9 Å². The fourth-order valence-electron chi connectivity index (χ4n) is 2.91. The van der Waals surface area contributed by atoms with Crippen LogP contribution in [0, 0.1) is 0 Å². The van der Waals surface area contributed by atoms with Crippen molar-refractivity contribution in [3.8, 4) is 5.75 Å². The Kier molecular flexibility index (Phi) is 4.29. The molecule has 2 nitrogen and oxygen atoms in total. The Bertz CT molecular complexity index is 651. The summed E-state index contributed by atoms with van der Waals surface area (Å²) >= 11 is 0. The van der Waals surface area contributed by atoms with Crippen LogP contribution in [0.1, 0.15) is 19.3 Å². The molecule has 1 aliphatic heterocycles. The quantitative estimate of drug-likeness (QED) is 0.781. The minimum Gasteiger partial charge on any atom is -0.496 e. The molecule has 3 rings (SSSR count). The van der Waals surface area contributed by atoms with Gasteiger partial charge in [0.05, 0.1) is 18.5 Å². The fourth-order valence-corrected chi connectivity index (χ4v) is 2.91. The average molecular weight is 309 g/mol. The predicted octanol–water partition coefficient (Wildman–Crippen LogP) is 3.84. The van der Waals surface area contributed by atoms with E-state index in [0.717, 1.165) is 19.4 Å². The molecule has 1 atom stereocenters. The number of benzene rings is 2. The number of fused-ring (bicyclic) bond motifs is 1. The Balaban J connectivity index is 1.84. The van der Waals surface area contributed by atoms with Crippen LogP contribution in [0.2, 0.25) is 0 Å². The number of hydrogen-bond acceptors (Lipinski definition) is 2. The molecule has 2 aromatic rings. The van der Waals surface area contributed by atoms with Crippen molar-refractivity contribution in [2.24, 2.45) is 0 Å². The molecule has 118 valence electrons. The summed E-state index contributed by atoms with van der Waals surface area (Å²) in [7, 11) is 0. The average Bonchev–Trinajstić information content (AvgIpc) is 2.99. The molecular formula is C16H17BF3O2-. The fraction of sp³-hybridized carbons (Fsp3) is 0.375. The van der Waals surface area contributed by atoms with Gasteiger partial charge in [0, 0.05) is 13.0 Å². The Morgan fingerprint density at radius 1 is 1.14 bits per heavy atom. The van der Waals surface area contributed by atoms with Crippen LogP contribution in [0.15, 0.2) is 36.4 Å². The first-order chi connectivity index (χ1) is 10.6. The standard InChI is InChI=1S/C16H17BF3O2/c18-17(19,20)16-14-6-2-1-4-12(14)7-8-15(16)22-11-9-13-5-3-10-21-13/h1-2,4,6-8,13H,3,5,9-11H2/q-1. The van der Waals surface area contributed by atoms with E-state index in [1.54, 1.807) is 24.3 Å². The van der Waals surface area contributed by atoms with Gasteiger partial charge in [0.25, 0.3) is 0 Å². The Labute approximate surface area is 127 Å². The lowest BCUT2D eigenvalue weighted by molar-refractivity contribution is 0.0905. The Hall–Kier alpha value is -1.69. The second-order valence-corrected chi connectivity index (χ2v) is 5.55. The highest BCUT2D eigenvalue weighted by Crippen LogP contribution is 2.26. The molecular weight excluding hydrogens is 292 g/mol. The minimum atomic E-state index is -5.14. The van der Waals surface area contributed by atoms with Crippen LogP contribution in [0.25, 0.3) is 10.8 Å². The van der Waals surface area contributed by atoms with Gasteiger partial charge in [-0.1, -0.05) is 35.8 Å². The summed E-state index contributed by atoms with van der Waals surface area (Å²) in [5.74, 6) is -0.0794. The van der Waals surface area contributed by atoms with Crippen LogP contribution in [0.5, 0.6) is 5.75 Å². The lowest BCUT2D eigenvalue weighted by Gasteiger charge is -2.22. The third-order valence-corrected chi connectivity index (χ3v) is 3.98. The van der Waals surface area contributed by atoms with Crippen LogP contribution >= 0.6 is 0 Å². The SMILES string of the molecule is F[B-](F)(F)c1c(OCCC2CCCO2)ccc2ccccc12. The first-order valence-electron chi connectivity index (χ1n) is 7.52. The molecule has 1 heterocycles. The number of ether oxygens (including phenoxy) is 2. The van der Waals surface area contributed by atoms with Gasteiger partial charge < -0.3 is 22.4 Å². The monoisotopic (exact) mass is 309 g/mol. The van der Waals surface area contributed by atoms with Gasteiger partial charge in [-0.15, -0.1) is 0 Å². The molecule has 0 bridgehead atoms. The molecule has 0 amide bonds. The van der Waals surface area contributed by atoms with E-state index >= 15 is 0 Å². The van der Waals surface area contributed by atoms with Gasteiger partial charge in [-0.05, 0) is 29.7 Å². The molecule has 1 saturated heterocycles. The molecule has 0 saturated carbocycles. The molecule has 0 aliphatic carbocycles. The molecule has 0 aromatic heterocycles. The summed E-state index contributed by atoms with van der Waals surface area (Å²) in [6, 6.07) is 9.60. The van der Waals surface area contributed by atoms with E-state index < -0.39 is 12.4 Å². The smallest absolute Gasteiger partial charge is 0.496 e. The second-order valence-electron chi connectivity index (χ2n) is 5.55. The molecule has 0 N–H and O–H groups in total. The number of hydrogen-bond donors (Lipinski definition) is 0. The third kappa shape index (κ3) is 3.22. The molecule has 6 heteroatoms. The summed E-state index contributed by atoms with van der Waals surface area (Å²) in [5.41, 5.74) is -0.634. The first-order valence-corrected chi connectivity index (χ1v) is 7.52. The maximum atomic E-state index is 13.5. The van der Waals surface area contributed by atoms with Gasteiger partial charge in [-0.3, -0.25) is 0 Å². The largest absolute Gasteiger partial charge is 0.513 e. The van der Waals surface area contributed by atoms with Crippen molar-refractivity contribution in [3.05, 3.63) is 36.4 Å². The van der Waals surface area contributed by atoms with Crippen LogP contribution in [-0.2, 0) is 4.74 Å². The van der Waals surface area contributed by atoms with Crippen molar-refractivity contribution >= 4 is 23.2 Å². The third-order valence-electron chi connectivity index (χ3n) is 3.98. The van der Waals surface area contributed by atoms with E-state index in [0.29, 0.717) is 11.8 Å². The van der Waals surface area contributed by atoms with Gasteiger partial charge in [0.15, 0.2) is 0 Å². The molecule has 22 heavy (non-hydrogen) atoms. The number of rotatable bonds is 5. The van der Waals surface area contributed by atoms with Crippen molar-refractivity contribution in [1.29, 1.82) is 0 Å². The van der Waals surface area contributed by atoms with Crippen LogP contribution < -0.4 is 10.2 Å². The zero-order valence-electron chi connectivity index (χ0n) is 12.1. The molecule has 1 unspecified atom stereocenters. The zero-order valence-corrected chi connectivity index (χ0v) is 12.1. The van der Waals surface area contributed by atoms with E-state index in [1.807, 2.05) is 0 Å². The summed E-state index contributed by atoms with van der Waals surface area (Å²) < 4.78 is 51.3. The highest BCUT2D eigenvalue weighted by atomic mass is 19.4. The van der Waals surface area contributed by atoms with E-state index in [1.165, 1.54) is 12.1 Å². The maximum Gasteiger partial charge on any atom is 0.513 e. The van der Waals surface area contributed by atoms with E-state index in [-0.39, 0.29) is 23.8 Å². The molecule has 2 aromatic carbocycles. The molecule has 0 spiro atoms. The van der Waals surface area contributed by atoms with Gasteiger partial charge >= 0.3 is 6.98 Å². The topological polar surface area (TPSA) is 18.5 Å². The zero-order chi connectivity index (χ0) is 15.6. The van der Waals surface area contributed by atoms with Crippen molar-refractivity contribution in [3.63, 3.8) is 0 Å². The van der Waals surface area contributed by atoms with Gasteiger partial charge in [0.2, 0.25) is 0 Å². The van der Waals surface area contributed by atoms with E-state index in [4.69, 9.17) is 9.47 Å². The van der Waals surface area contributed by atoms with Crippen molar-refractivity contribution < 1.29 is 22.4 Å². The maximum absolute atomic E-state index is 13.5. The van der Waals surface area contributed by atoms with Gasteiger partial charge in [-0.2, -0.15) is 0 Å². The Morgan fingerprint density at radius 2 is 1.95 bits per heavy atom. The van der Waals surface area contributed by atoms with Gasteiger partial charge in [0.1, 0.15) is 0 Å². The highest BCUT2D eigenvalue weighted by Gasteiger charge is 2.31. The van der Waals surface area contributed by atoms with Gasteiger partial charge in [-0.25, -0.2) is 0 Å². The normalized spacial score (nSPS) is 18.8. The van der Waals surface area contributed by atoms with Crippen LogP contribution in [0.3, 0.4) is 0 Å². The molecule has 0 radical (unpaired) electrons. The summed E-state index contributed by atoms with van der Waals surface area (Å²) in [5, 5.41) is 0.771. The summed E-state index contributed by atoms with van der Waals surface area (Å²) in [4.78, 5) is 0. The Morgan fingerprint density at radius 3 is 2.68 bits per heavy atom. The second kappa shape index (κ2) is 6.20. The molecule has 1 aliphatic rings. The van der Waals surface area contributed by atoms with Crippen LogP contribution in [0.4, 0.5) is 12.9 Å².